The minimum absolute atomic E-state index is 0.125. The van der Waals surface area contributed by atoms with Gasteiger partial charge in [0, 0.05) is 19.3 Å². The van der Waals surface area contributed by atoms with Gasteiger partial charge >= 0.3 is 11.9 Å². The summed E-state index contributed by atoms with van der Waals surface area (Å²) < 4.78 is 10.5. The fraction of sp³-hybridized carbons (Fsp3) is 0.833. The Morgan fingerprint density at radius 1 is 1.04 bits per heavy atom. The van der Waals surface area contributed by atoms with E-state index in [-0.39, 0.29) is 23.5 Å². The summed E-state index contributed by atoms with van der Waals surface area (Å²) in [5, 5.41) is 0. The van der Waals surface area contributed by atoms with E-state index in [1.807, 2.05) is 0 Å². The summed E-state index contributed by atoms with van der Waals surface area (Å²) in [6.45, 7) is 15.1. The largest absolute Gasteiger partial charge is 0.462 e. The van der Waals surface area contributed by atoms with Crippen LogP contribution < -0.4 is 0 Å². The molecule has 0 saturated heterocycles. The number of allylic oxidation sites excluding steroid dienone is 1. The van der Waals surface area contributed by atoms with Crippen LogP contribution in [0.2, 0.25) is 0 Å². The van der Waals surface area contributed by atoms with Gasteiger partial charge in [0.25, 0.3) is 0 Å². The number of rotatable bonds is 3. The zero-order valence-corrected chi connectivity index (χ0v) is 18.8. The molecule has 3 saturated carbocycles. The van der Waals surface area contributed by atoms with Crippen LogP contribution >= 0.6 is 0 Å². The monoisotopic (exact) mass is 390 g/mol. The third-order valence-electron chi connectivity index (χ3n) is 9.05. The van der Waals surface area contributed by atoms with Crippen LogP contribution in [0, 0.1) is 34.0 Å². The molecular weight excluding hydrogens is 352 g/mol. The lowest BCUT2D eigenvalue weighted by molar-refractivity contribution is -0.154. The first kappa shape index (κ1) is 21.4. The van der Waals surface area contributed by atoms with Crippen LogP contribution in [0.15, 0.2) is 11.6 Å². The summed E-state index contributed by atoms with van der Waals surface area (Å²) in [4.78, 5) is 21.7. The highest BCUT2D eigenvalue weighted by Crippen LogP contribution is 2.66. The van der Waals surface area contributed by atoms with Gasteiger partial charge in [-0.3, -0.25) is 9.59 Å². The Kier molecular flexibility index (Phi) is 5.48. The second-order valence-electron chi connectivity index (χ2n) is 10.8. The second kappa shape index (κ2) is 7.18. The maximum atomic E-state index is 11.0. The molecule has 0 aliphatic heterocycles. The number of hydrogen-bond acceptors (Lipinski definition) is 4. The lowest BCUT2D eigenvalue weighted by Gasteiger charge is -2.56. The predicted octanol–water partition coefficient (Wildman–Crippen LogP) is 5.31. The van der Waals surface area contributed by atoms with E-state index < -0.39 is 0 Å². The van der Waals surface area contributed by atoms with E-state index >= 15 is 0 Å². The number of ether oxygens (including phenoxy) is 2. The van der Waals surface area contributed by atoms with Crippen molar-refractivity contribution in [2.24, 2.45) is 34.0 Å². The Balaban J connectivity index is 0.000000161. The van der Waals surface area contributed by atoms with Crippen molar-refractivity contribution in [2.75, 3.05) is 6.61 Å². The van der Waals surface area contributed by atoms with Crippen LogP contribution in [0.4, 0.5) is 0 Å². The van der Waals surface area contributed by atoms with Gasteiger partial charge in [-0.1, -0.05) is 40.7 Å². The molecule has 0 aromatic carbocycles. The molecule has 0 aromatic rings. The number of esters is 2. The maximum Gasteiger partial charge on any atom is 0.302 e. The van der Waals surface area contributed by atoms with Crippen LogP contribution in [0.3, 0.4) is 0 Å². The van der Waals surface area contributed by atoms with Crippen LogP contribution in [0.5, 0.6) is 0 Å². The molecule has 4 heteroatoms. The van der Waals surface area contributed by atoms with Crippen molar-refractivity contribution in [1.82, 2.24) is 0 Å². The summed E-state index contributed by atoms with van der Waals surface area (Å²) in [6.07, 6.45) is 8.48. The molecule has 3 fully saturated rings. The van der Waals surface area contributed by atoms with Gasteiger partial charge in [-0.15, -0.1) is 0 Å². The summed E-state index contributed by atoms with van der Waals surface area (Å²) in [5.41, 5.74) is 2.33. The lowest BCUT2D eigenvalue weighted by Crippen LogP contribution is -2.48. The van der Waals surface area contributed by atoms with Gasteiger partial charge < -0.3 is 9.47 Å². The van der Waals surface area contributed by atoms with E-state index in [4.69, 9.17) is 9.47 Å². The third kappa shape index (κ3) is 3.41. The van der Waals surface area contributed by atoms with Gasteiger partial charge in [0.1, 0.15) is 12.7 Å². The fourth-order valence-corrected chi connectivity index (χ4v) is 6.33. The molecule has 0 spiro atoms. The molecule has 0 heterocycles. The molecule has 0 radical (unpaired) electrons. The van der Waals surface area contributed by atoms with Gasteiger partial charge in [-0.05, 0) is 66.3 Å². The Labute approximate surface area is 170 Å². The smallest absolute Gasteiger partial charge is 0.302 e. The van der Waals surface area contributed by atoms with Crippen molar-refractivity contribution in [3.05, 3.63) is 11.6 Å². The highest BCUT2D eigenvalue weighted by atomic mass is 16.5. The Hall–Kier alpha value is -1.32. The molecule has 0 aromatic heterocycles. The van der Waals surface area contributed by atoms with Crippen molar-refractivity contribution in [3.8, 4) is 0 Å². The average molecular weight is 391 g/mol. The van der Waals surface area contributed by atoms with Crippen LogP contribution in [-0.2, 0) is 19.1 Å². The molecule has 5 aliphatic carbocycles. The van der Waals surface area contributed by atoms with Gasteiger partial charge in [0.15, 0.2) is 0 Å². The molecule has 5 unspecified atom stereocenters. The maximum absolute atomic E-state index is 11.0. The van der Waals surface area contributed by atoms with Crippen molar-refractivity contribution in [2.45, 2.75) is 86.7 Å². The standard InChI is InChI=1S/C12H20O2.C12H18O2/c1-8(13)14-10-7-9-5-6-12(10,4)11(9,2)3;1-8(13)14-7-9-4-5-10-6-11(9)12(10,2)3/h9-10H,5-7H2,1-4H3;4,10-11H,5-7H2,1-3H3. The van der Waals surface area contributed by atoms with Crippen LogP contribution in [0.1, 0.15) is 80.6 Å². The molecular formula is C24H38O4. The highest BCUT2D eigenvalue weighted by molar-refractivity contribution is 5.66. The molecule has 4 bridgehead atoms. The van der Waals surface area contributed by atoms with Gasteiger partial charge in [-0.2, -0.15) is 0 Å². The zero-order chi connectivity index (χ0) is 20.9. The number of carbonyl (C=O) groups is 2. The number of hydrogen-bond donors (Lipinski definition) is 0. The topological polar surface area (TPSA) is 52.6 Å². The Morgan fingerprint density at radius 3 is 2.14 bits per heavy atom. The van der Waals surface area contributed by atoms with Crippen molar-refractivity contribution in [3.63, 3.8) is 0 Å². The molecule has 158 valence electrons. The Morgan fingerprint density at radius 2 is 1.71 bits per heavy atom. The second-order valence-corrected chi connectivity index (χ2v) is 10.8. The van der Waals surface area contributed by atoms with E-state index in [2.05, 4.69) is 40.7 Å². The molecule has 28 heavy (non-hydrogen) atoms. The molecule has 5 rings (SSSR count). The van der Waals surface area contributed by atoms with Crippen molar-refractivity contribution in [1.29, 1.82) is 0 Å². The fourth-order valence-electron chi connectivity index (χ4n) is 6.33. The van der Waals surface area contributed by atoms with Gasteiger partial charge in [0.05, 0.1) is 0 Å². The minimum atomic E-state index is -0.176. The lowest BCUT2D eigenvalue weighted by atomic mass is 9.49. The number of fused-ring (bicyclic) bond motifs is 3. The van der Waals surface area contributed by atoms with Gasteiger partial charge in [-0.25, -0.2) is 0 Å². The van der Waals surface area contributed by atoms with E-state index in [9.17, 15) is 9.59 Å². The molecule has 5 aliphatic rings. The van der Waals surface area contributed by atoms with Crippen LogP contribution in [-0.4, -0.2) is 24.6 Å². The predicted molar refractivity (Wildman–Crippen MR) is 109 cm³/mol. The quantitative estimate of drug-likeness (QED) is 0.484. The first-order chi connectivity index (χ1) is 12.9. The minimum Gasteiger partial charge on any atom is -0.462 e. The molecule has 4 nitrogen and oxygen atoms in total. The summed E-state index contributed by atoms with van der Waals surface area (Å²) in [5.74, 6) is 1.95. The van der Waals surface area contributed by atoms with E-state index in [0.29, 0.717) is 23.4 Å². The van der Waals surface area contributed by atoms with E-state index in [1.165, 1.54) is 45.1 Å². The van der Waals surface area contributed by atoms with Crippen molar-refractivity contribution < 1.29 is 19.1 Å². The SMILES string of the molecule is CC(=O)OC1CC2CCC1(C)C2(C)C.CC(=O)OCC1=CCC2CC1C2(C)C. The Bertz CT molecular complexity index is 674. The third-order valence-corrected chi connectivity index (χ3v) is 9.05. The average Bonchev–Trinajstić information content (AvgIpc) is 2.93. The van der Waals surface area contributed by atoms with Crippen molar-refractivity contribution >= 4 is 11.9 Å². The molecule has 0 N–H and O–H groups in total. The van der Waals surface area contributed by atoms with Gasteiger partial charge in [0.2, 0.25) is 0 Å². The normalized spacial score (nSPS) is 38.5. The summed E-state index contributed by atoms with van der Waals surface area (Å²) in [7, 11) is 0. The molecule has 0 amide bonds. The van der Waals surface area contributed by atoms with E-state index in [1.54, 1.807) is 0 Å². The highest BCUT2D eigenvalue weighted by Gasteiger charge is 2.62. The summed E-state index contributed by atoms with van der Waals surface area (Å²) in [6, 6.07) is 0. The summed E-state index contributed by atoms with van der Waals surface area (Å²) >= 11 is 0. The zero-order valence-electron chi connectivity index (χ0n) is 18.8. The number of carbonyl (C=O) groups excluding carboxylic acids is 2. The van der Waals surface area contributed by atoms with Crippen LogP contribution in [0.25, 0.3) is 0 Å². The van der Waals surface area contributed by atoms with E-state index in [0.717, 1.165) is 18.3 Å². The first-order valence-corrected chi connectivity index (χ1v) is 10.9. The first-order valence-electron chi connectivity index (χ1n) is 10.9. The molecule has 5 atom stereocenters.